The van der Waals surface area contributed by atoms with E-state index in [1.54, 1.807) is 12.1 Å². The standard InChI is InChI=1S/C50H34N3O2Si.Pt/c1-56(2)45-28-26-33(55-47-25-13-23-42(51-47)41-20-10-11-24-44(41)54)30-43(45)52-31-53-48-34(32-14-4-3-5-15-32)21-12-22-39(48)37-18-8-6-16-35(37)36-17-7-9-19-38(36)40-27-29-46(56)50(52)49(40)53;/h3-29,54H,1-2H3;/q-1;+2. The third-order valence-corrected chi connectivity index (χ3v) is 15.0. The molecule has 4 heterocycles. The van der Waals surface area contributed by atoms with Crippen LogP contribution in [0.4, 0.5) is 0 Å². The van der Waals surface area contributed by atoms with Crippen molar-refractivity contribution in [2.45, 2.75) is 13.1 Å². The van der Waals surface area contributed by atoms with Crippen molar-refractivity contribution in [2.24, 2.45) is 0 Å². The number of aromatic nitrogens is 3. The van der Waals surface area contributed by atoms with Crippen molar-refractivity contribution in [3.05, 3.63) is 176 Å². The van der Waals surface area contributed by atoms with Gasteiger partial charge in [0.05, 0.1) is 22.4 Å². The second-order valence-electron chi connectivity index (χ2n) is 15.0. The largest absolute Gasteiger partial charge is 2.00 e. The predicted molar refractivity (Wildman–Crippen MR) is 226 cm³/mol. The van der Waals surface area contributed by atoms with Gasteiger partial charge in [0, 0.05) is 25.5 Å². The number of hydrogen-bond acceptors (Lipinski definition) is 3. The summed E-state index contributed by atoms with van der Waals surface area (Å²) in [5.41, 5.74) is 14.9. The van der Waals surface area contributed by atoms with Gasteiger partial charge in [-0.3, -0.25) is 4.57 Å². The molecule has 57 heavy (non-hydrogen) atoms. The third kappa shape index (κ3) is 5.39. The van der Waals surface area contributed by atoms with Crippen molar-refractivity contribution < 1.29 is 35.5 Å². The molecular weight excluding hydrogens is 898 g/mol. The molecule has 0 atom stereocenters. The molecule has 274 valence electrons. The summed E-state index contributed by atoms with van der Waals surface area (Å²) in [5.74, 6) is 1.15. The molecule has 0 unspecified atom stereocenters. The molecule has 7 aromatic carbocycles. The number of imidazole rings is 1. The van der Waals surface area contributed by atoms with E-state index in [-0.39, 0.29) is 26.8 Å². The Hall–Kier alpha value is -6.33. The van der Waals surface area contributed by atoms with Crippen LogP contribution in [0.15, 0.2) is 164 Å². The summed E-state index contributed by atoms with van der Waals surface area (Å²) in [4.78, 5) is 4.77. The average molecular weight is 932 g/mol. The Bertz CT molecular complexity index is 3060. The Labute approximate surface area is 346 Å². The number of rotatable bonds is 4. The van der Waals surface area contributed by atoms with Gasteiger partial charge in [0.25, 0.3) is 6.33 Å². The first kappa shape index (κ1) is 35.1. The summed E-state index contributed by atoms with van der Waals surface area (Å²) in [6.45, 7) is 4.86. The summed E-state index contributed by atoms with van der Waals surface area (Å²) in [5, 5.41) is 13.1. The minimum Gasteiger partial charge on any atom is -0.507 e. The Morgan fingerprint density at radius 3 is 1.91 bits per heavy atom. The molecule has 0 fully saturated rings. The fraction of sp³-hybridized carbons (Fsp3) is 0.0400. The fourth-order valence-electron chi connectivity index (χ4n) is 8.81. The maximum atomic E-state index is 10.5. The van der Waals surface area contributed by atoms with E-state index in [1.807, 2.05) is 36.4 Å². The van der Waals surface area contributed by atoms with E-state index in [1.165, 1.54) is 32.6 Å². The molecule has 2 aromatic heterocycles. The van der Waals surface area contributed by atoms with Crippen molar-refractivity contribution in [3.8, 4) is 84.5 Å². The zero-order valence-electron chi connectivity index (χ0n) is 31.1. The topological polar surface area (TPSA) is 51.2 Å². The second kappa shape index (κ2) is 13.4. The number of phenolic OH excluding ortho intramolecular Hbond substituents is 1. The molecule has 7 heteroatoms. The van der Waals surface area contributed by atoms with Gasteiger partial charge in [0.15, 0.2) is 0 Å². The van der Waals surface area contributed by atoms with Crippen LogP contribution in [0.1, 0.15) is 0 Å². The molecule has 0 spiro atoms. The van der Waals surface area contributed by atoms with Crippen molar-refractivity contribution in [1.29, 1.82) is 0 Å². The molecule has 11 rings (SSSR count). The zero-order valence-corrected chi connectivity index (χ0v) is 34.4. The van der Waals surface area contributed by atoms with Crippen LogP contribution in [0.25, 0.3) is 78.2 Å². The summed E-state index contributed by atoms with van der Waals surface area (Å²) in [7, 11) is -2.28. The van der Waals surface area contributed by atoms with Gasteiger partial charge in [-0.1, -0.05) is 146 Å². The van der Waals surface area contributed by atoms with E-state index in [0.717, 1.165) is 44.7 Å². The molecule has 2 aliphatic heterocycles. The molecule has 0 amide bonds. The minimum absolute atomic E-state index is 0. The monoisotopic (exact) mass is 931 g/mol. The van der Waals surface area contributed by atoms with Crippen LogP contribution in [-0.2, 0) is 21.1 Å². The number of pyridine rings is 1. The van der Waals surface area contributed by atoms with Gasteiger partial charge in [0.2, 0.25) is 5.88 Å². The summed E-state index contributed by atoms with van der Waals surface area (Å²) >= 11 is 0. The van der Waals surface area contributed by atoms with Crippen molar-refractivity contribution >= 4 is 29.5 Å². The maximum Gasteiger partial charge on any atom is 2.00 e. The third-order valence-electron chi connectivity index (χ3n) is 11.5. The molecule has 0 bridgehead atoms. The van der Waals surface area contributed by atoms with E-state index in [4.69, 9.17) is 9.72 Å². The molecular formula is C50H34N3O2PtSi+. The smallest absolute Gasteiger partial charge is 0.507 e. The zero-order chi connectivity index (χ0) is 37.5. The van der Waals surface area contributed by atoms with Crippen molar-refractivity contribution in [1.82, 2.24) is 9.55 Å². The summed E-state index contributed by atoms with van der Waals surface area (Å²) in [6.07, 6.45) is 3.94. The first-order valence-electron chi connectivity index (χ1n) is 18.9. The van der Waals surface area contributed by atoms with Gasteiger partial charge in [-0.2, -0.15) is 6.07 Å². The molecule has 0 saturated carbocycles. The Morgan fingerprint density at radius 2 is 1.18 bits per heavy atom. The van der Waals surface area contributed by atoms with E-state index >= 15 is 0 Å². The quantitative estimate of drug-likeness (QED) is 0.109. The van der Waals surface area contributed by atoms with Crippen LogP contribution >= 0.6 is 0 Å². The number of phenols is 1. The van der Waals surface area contributed by atoms with Gasteiger partial charge in [0.1, 0.15) is 5.75 Å². The van der Waals surface area contributed by atoms with Crippen LogP contribution in [0, 0.1) is 12.4 Å². The van der Waals surface area contributed by atoms with Crippen LogP contribution in [-0.4, -0.2) is 22.7 Å². The van der Waals surface area contributed by atoms with Gasteiger partial charge in [-0.25, -0.2) is 4.98 Å². The van der Waals surface area contributed by atoms with Crippen LogP contribution in [0.2, 0.25) is 13.1 Å². The number of para-hydroxylation sites is 2. The minimum atomic E-state index is -2.28. The molecule has 2 aliphatic rings. The van der Waals surface area contributed by atoms with Gasteiger partial charge in [-0.05, 0) is 68.4 Å². The average Bonchev–Trinajstić information content (AvgIpc) is 3.65. The number of fused-ring (bicyclic) bond motifs is 9. The van der Waals surface area contributed by atoms with E-state index in [9.17, 15) is 5.11 Å². The van der Waals surface area contributed by atoms with Crippen LogP contribution in [0.5, 0.6) is 17.4 Å². The van der Waals surface area contributed by atoms with E-state index in [2.05, 4.69) is 150 Å². The normalized spacial score (nSPS) is 12.8. The van der Waals surface area contributed by atoms with E-state index in [0.29, 0.717) is 22.9 Å². The van der Waals surface area contributed by atoms with Gasteiger partial charge in [-0.15, -0.1) is 17.3 Å². The molecule has 0 saturated heterocycles. The number of hydrogen-bond donors (Lipinski definition) is 1. The Balaban J connectivity index is 0.00000396. The first-order valence-corrected chi connectivity index (χ1v) is 21.9. The fourth-order valence-corrected chi connectivity index (χ4v) is 11.7. The number of ether oxygens (including phenoxy) is 1. The Kier molecular flexibility index (Phi) is 8.26. The van der Waals surface area contributed by atoms with Crippen molar-refractivity contribution in [2.75, 3.05) is 0 Å². The van der Waals surface area contributed by atoms with Gasteiger partial charge < -0.3 is 14.4 Å². The number of nitrogens with zero attached hydrogens (tertiary/aromatic N) is 3. The molecule has 1 N–H and O–H groups in total. The predicted octanol–water partition coefficient (Wildman–Crippen LogP) is 10.2. The van der Waals surface area contributed by atoms with E-state index < -0.39 is 8.07 Å². The maximum absolute atomic E-state index is 10.5. The summed E-state index contributed by atoms with van der Waals surface area (Å²) < 4.78 is 11.0. The first-order chi connectivity index (χ1) is 27.5. The molecule has 5 nitrogen and oxygen atoms in total. The Morgan fingerprint density at radius 1 is 0.579 bits per heavy atom. The SMILES string of the molecule is C[Si]1(C)c2ccc(Oc3cccc(-c4ccccc4O)n3)[c-]c2-n2[c-][n+]3c4c(ccc1c42)-c1ccccc1-c1ccccc1-c1cccc(-c2ccccc2)c1-3.[Pt+2]. The second-order valence-corrected chi connectivity index (χ2v) is 19.3. The van der Waals surface area contributed by atoms with Crippen molar-refractivity contribution in [3.63, 3.8) is 0 Å². The van der Waals surface area contributed by atoms with Gasteiger partial charge >= 0.3 is 21.1 Å². The molecule has 0 aliphatic carbocycles. The van der Waals surface area contributed by atoms with Crippen LogP contribution in [0.3, 0.4) is 0 Å². The molecule has 0 radical (unpaired) electrons. The summed E-state index contributed by atoms with van der Waals surface area (Å²) in [6, 6.07) is 60.4. The number of aromatic hydroxyl groups is 1. The van der Waals surface area contributed by atoms with Crippen LogP contribution < -0.4 is 19.7 Å². The number of benzene rings is 7. The molecule has 9 aromatic rings.